The maximum Gasteiger partial charge on any atom is 0.408 e. The first-order chi connectivity index (χ1) is 18.6. The molecule has 0 spiro atoms. The standard InChI is InChI=1S/C29H44N4O7/c1-7-9-17(34)12-13-19(32-27(39)40-28(2,3)4)26(38)33-15-18-21(29(18,5)6)22(33)25(37)31-20(23(35)24(30)36)14-16-10-8-11-16/h7,9,16,18-22H,8,10-15H2,1-6H3,(H2,30,36)(H,31,37)(H,32,39)/t18-,19-,20?,21-,22-/m0/s1. The zero-order chi connectivity index (χ0) is 30.0. The molecule has 2 aliphatic carbocycles. The summed E-state index contributed by atoms with van der Waals surface area (Å²) in [6, 6.07) is -3.05. The van der Waals surface area contributed by atoms with Crippen molar-refractivity contribution in [3.8, 4) is 0 Å². The molecular weight excluding hydrogens is 516 g/mol. The lowest BCUT2D eigenvalue weighted by atomic mass is 9.80. The van der Waals surface area contributed by atoms with Crippen LogP contribution in [0.15, 0.2) is 12.2 Å². The molecule has 5 atom stereocenters. The van der Waals surface area contributed by atoms with Gasteiger partial charge in [-0.3, -0.25) is 24.0 Å². The van der Waals surface area contributed by atoms with E-state index in [0.717, 1.165) is 19.3 Å². The monoisotopic (exact) mass is 560 g/mol. The number of fused-ring (bicyclic) bond motifs is 1. The van der Waals surface area contributed by atoms with Gasteiger partial charge in [-0.2, -0.15) is 0 Å². The Morgan fingerprint density at radius 3 is 2.25 bits per heavy atom. The number of rotatable bonds is 12. The molecule has 11 heteroatoms. The molecule has 0 aromatic heterocycles. The van der Waals surface area contributed by atoms with Crippen molar-refractivity contribution in [2.75, 3.05) is 6.54 Å². The number of amides is 4. The van der Waals surface area contributed by atoms with E-state index in [2.05, 4.69) is 10.6 Å². The van der Waals surface area contributed by atoms with Gasteiger partial charge in [0.1, 0.15) is 17.7 Å². The fourth-order valence-corrected chi connectivity index (χ4v) is 6.00. The van der Waals surface area contributed by atoms with E-state index in [9.17, 15) is 28.8 Å². The number of allylic oxidation sites excluding steroid dienone is 2. The van der Waals surface area contributed by atoms with Gasteiger partial charge in [-0.05, 0) is 69.8 Å². The van der Waals surface area contributed by atoms with E-state index in [1.54, 1.807) is 33.8 Å². The average Bonchev–Trinajstić information content (AvgIpc) is 3.14. The summed E-state index contributed by atoms with van der Waals surface area (Å²) in [5.74, 6) is -3.07. The van der Waals surface area contributed by atoms with E-state index in [1.807, 2.05) is 13.8 Å². The van der Waals surface area contributed by atoms with Gasteiger partial charge >= 0.3 is 6.09 Å². The van der Waals surface area contributed by atoms with Gasteiger partial charge in [-0.15, -0.1) is 0 Å². The highest BCUT2D eigenvalue weighted by atomic mass is 16.6. The molecule has 4 N–H and O–H groups in total. The molecule has 2 saturated carbocycles. The molecule has 222 valence electrons. The number of ketones is 2. The Labute approximate surface area is 236 Å². The lowest BCUT2D eigenvalue weighted by molar-refractivity contribution is -0.144. The summed E-state index contributed by atoms with van der Waals surface area (Å²) < 4.78 is 5.35. The first-order valence-electron chi connectivity index (χ1n) is 14.2. The number of hydrogen-bond acceptors (Lipinski definition) is 7. The van der Waals surface area contributed by atoms with Gasteiger partial charge in [0.05, 0.1) is 6.04 Å². The number of hydrogen-bond donors (Lipinski definition) is 3. The van der Waals surface area contributed by atoms with Crippen molar-refractivity contribution < 1.29 is 33.5 Å². The number of carbonyl (C=O) groups excluding carboxylic acids is 6. The fraction of sp³-hybridized carbons (Fsp3) is 0.724. The molecule has 0 radical (unpaired) electrons. The molecule has 3 rings (SSSR count). The quantitative estimate of drug-likeness (QED) is 0.243. The third-order valence-corrected chi connectivity index (χ3v) is 8.45. The van der Waals surface area contributed by atoms with Crippen molar-refractivity contribution in [2.45, 2.75) is 104 Å². The Balaban J connectivity index is 1.82. The number of Topliss-reactive ketones (excluding diaryl/α,β-unsaturated/α-hetero) is 1. The van der Waals surface area contributed by atoms with E-state index in [-0.39, 0.29) is 41.8 Å². The van der Waals surface area contributed by atoms with E-state index < -0.39 is 53.3 Å². The summed E-state index contributed by atoms with van der Waals surface area (Å²) in [7, 11) is 0. The van der Waals surface area contributed by atoms with Gasteiger partial charge in [0.15, 0.2) is 5.78 Å². The second kappa shape index (κ2) is 12.1. The summed E-state index contributed by atoms with van der Waals surface area (Å²) >= 11 is 0. The van der Waals surface area contributed by atoms with Crippen LogP contribution < -0.4 is 16.4 Å². The van der Waals surface area contributed by atoms with E-state index >= 15 is 0 Å². The molecule has 1 heterocycles. The first kappa shape index (κ1) is 31.3. The van der Waals surface area contributed by atoms with Crippen LogP contribution in [-0.4, -0.2) is 70.6 Å². The zero-order valence-electron chi connectivity index (χ0n) is 24.5. The number of nitrogens with zero attached hydrogens (tertiary/aromatic N) is 1. The van der Waals surface area contributed by atoms with Crippen LogP contribution in [0.25, 0.3) is 0 Å². The van der Waals surface area contributed by atoms with Gasteiger partial charge in [0, 0.05) is 13.0 Å². The smallest absolute Gasteiger partial charge is 0.408 e. The van der Waals surface area contributed by atoms with Gasteiger partial charge in [-0.25, -0.2) is 4.79 Å². The van der Waals surface area contributed by atoms with Crippen LogP contribution in [0.1, 0.15) is 80.1 Å². The van der Waals surface area contributed by atoms with Crippen molar-refractivity contribution in [3.05, 3.63) is 12.2 Å². The Kier molecular flexibility index (Phi) is 9.46. The van der Waals surface area contributed by atoms with Crippen LogP contribution >= 0.6 is 0 Å². The van der Waals surface area contributed by atoms with Crippen LogP contribution in [0.5, 0.6) is 0 Å². The minimum absolute atomic E-state index is 0.0101. The molecule has 0 bridgehead atoms. The molecule has 0 aromatic carbocycles. The number of likely N-dealkylation sites (tertiary alicyclic amines) is 1. The number of alkyl carbamates (subject to hydrolysis) is 1. The van der Waals surface area contributed by atoms with E-state index in [0.29, 0.717) is 13.0 Å². The SMILES string of the molecule is CC=CC(=O)CC[C@H](NC(=O)OC(C)(C)C)C(=O)N1C[C@H]2[C@@H]([C@H]1C(=O)NC(CC1CCC1)C(=O)C(N)=O)C2(C)C. The van der Waals surface area contributed by atoms with Crippen molar-refractivity contribution in [1.82, 2.24) is 15.5 Å². The summed E-state index contributed by atoms with van der Waals surface area (Å²) in [4.78, 5) is 78.1. The van der Waals surface area contributed by atoms with Crippen molar-refractivity contribution in [1.29, 1.82) is 0 Å². The van der Waals surface area contributed by atoms with Crippen LogP contribution in [0.2, 0.25) is 0 Å². The number of ether oxygens (including phenoxy) is 1. The third-order valence-electron chi connectivity index (χ3n) is 8.45. The molecule has 1 aliphatic heterocycles. The largest absolute Gasteiger partial charge is 0.444 e. The topological polar surface area (TPSA) is 165 Å². The second-order valence-electron chi connectivity index (χ2n) is 12.9. The highest BCUT2D eigenvalue weighted by Gasteiger charge is 2.69. The highest BCUT2D eigenvalue weighted by molar-refractivity contribution is 6.37. The van der Waals surface area contributed by atoms with E-state index in [1.165, 1.54) is 11.0 Å². The Bertz CT molecular complexity index is 1070. The van der Waals surface area contributed by atoms with E-state index in [4.69, 9.17) is 10.5 Å². The first-order valence-corrected chi connectivity index (χ1v) is 14.2. The van der Waals surface area contributed by atoms with Crippen LogP contribution in [0.4, 0.5) is 4.79 Å². The number of piperidine rings is 1. The summed E-state index contributed by atoms with van der Waals surface area (Å²) in [5, 5.41) is 5.34. The summed E-state index contributed by atoms with van der Waals surface area (Å²) in [5.41, 5.74) is 4.27. The molecule has 3 fully saturated rings. The molecule has 11 nitrogen and oxygen atoms in total. The minimum Gasteiger partial charge on any atom is -0.444 e. The number of nitrogens with one attached hydrogen (secondary N) is 2. The predicted octanol–water partition coefficient (Wildman–Crippen LogP) is 2.02. The summed E-state index contributed by atoms with van der Waals surface area (Å²) in [6.45, 7) is 11.1. The normalized spacial score (nSPS) is 24.9. The fourth-order valence-electron chi connectivity index (χ4n) is 6.00. The predicted molar refractivity (Wildman–Crippen MR) is 147 cm³/mol. The van der Waals surface area contributed by atoms with Crippen LogP contribution in [0.3, 0.4) is 0 Å². The molecule has 1 unspecified atom stereocenters. The van der Waals surface area contributed by atoms with Gasteiger partial charge < -0.3 is 26.0 Å². The molecule has 1 saturated heterocycles. The maximum atomic E-state index is 13.9. The molecule has 40 heavy (non-hydrogen) atoms. The molecular formula is C29H44N4O7. The zero-order valence-corrected chi connectivity index (χ0v) is 24.5. The van der Waals surface area contributed by atoms with Gasteiger partial charge in [0.25, 0.3) is 5.91 Å². The number of primary amides is 1. The maximum absolute atomic E-state index is 13.9. The van der Waals surface area contributed by atoms with Crippen LogP contribution in [0, 0.1) is 23.2 Å². The van der Waals surface area contributed by atoms with Crippen molar-refractivity contribution >= 4 is 35.4 Å². The van der Waals surface area contributed by atoms with Gasteiger partial charge in [-0.1, -0.05) is 39.2 Å². The minimum atomic E-state index is -1.11. The molecule has 3 aliphatic rings. The number of nitrogens with two attached hydrogens (primary N) is 1. The summed E-state index contributed by atoms with van der Waals surface area (Å²) in [6.07, 6.45) is 5.40. The molecule has 0 aromatic rings. The Morgan fingerprint density at radius 2 is 1.73 bits per heavy atom. The lowest BCUT2D eigenvalue weighted by Gasteiger charge is -2.34. The van der Waals surface area contributed by atoms with Crippen LogP contribution in [-0.2, 0) is 28.7 Å². The highest BCUT2D eigenvalue weighted by Crippen LogP contribution is 2.65. The van der Waals surface area contributed by atoms with Gasteiger partial charge in [0.2, 0.25) is 17.6 Å². The lowest BCUT2D eigenvalue weighted by Crippen LogP contribution is -2.58. The van der Waals surface area contributed by atoms with Crippen molar-refractivity contribution in [2.24, 2.45) is 28.9 Å². The molecule has 4 amide bonds. The third kappa shape index (κ3) is 7.28. The Morgan fingerprint density at radius 1 is 1.07 bits per heavy atom. The van der Waals surface area contributed by atoms with Crippen molar-refractivity contribution in [3.63, 3.8) is 0 Å². The average molecular weight is 561 g/mol. The second-order valence-corrected chi connectivity index (χ2v) is 12.9. The number of carbonyl (C=O) groups is 6. The Hall–Kier alpha value is -3.24.